The zero-order chi connectivity index (χ0) is 12.4. The van der Waals surface area contributed by atoms with Gasteiger partial charge in [0, 0.05) is 31.9 Å². The summed E-state index contributed by atoms with van der Waals surface area (Å²) in [6.45, 7) is 3.86. The van der Waals surface area contributed by atoms with Crippen molar-refractivity contribution >= 4 is 5.91 Å². The van der Waals surface area contributed by atoms with Crippen molar-refractivity contribution in [1.29, 1.82) is 0 Å². The van der Waals surface area contributed by atoms with E-state index in [1.54, 1.807) is 17.1 Å². The van der Waals surface area contributed by atoms with Gasteiger partial charge in [0.2, 0.25) is 5.91 Å². The highest BCUT2D eigenvalue weighted by atomic mass is 16.2. The average molecular weight is 236 g/mol. The summed E-state index contributed by atoms with van der Waals surface area (Å²) in [5.74, 6) is 0.661. The first kappa shape index (κ1) is 12.1. The molecule has 2 unspecified atom stereocenters. The van der Waals surface area contributed by atoms with Crippen LogP contribution in [0.2, 0.25) is 0 Å². The quantitative estimate of drug-likeness (QED) is 0.839. The number of amides is 1. The Hall–Kier alpha value is -1.36. The molecule has 0 aromatic carbocycles. The highest BCUT2D eigenvalue weighted by Crippen LogP contribution is 2.22. The third-order valence-electron chi connectivity index (χ3n) is 3.52. The van der Waals surface area contributed by atoms with Gasteiger partial charge in [-0.2, -0.15) is 5.10 Å². The number of likely N-dealkylation sites (tertiary alicyclic amines) is 1. The van der Waals surface area contributed by atoms with Crippen molar-refractivity contribution in [2.45, 2.75) is 25.8 Å². The fourth-order valence-corrected chi connectivity index (χ4v) is 2.31. The number of hydrogen-bond donors (Lipinski definition) is 1. The van der Waals surface area contributed by atoms with E-state index >= 15 is 0 Å². The molecule has 1 aliphatic rings. The largest absolute Gasteiger partial charge is 0.341 e. The predicted octanol–water partition coefficient (Wildman–Crippen LogP) is 0.678. The smallest absolute Gasteiger partial charge is 0.244 e. The zero-order valence-electron chi connectivity index (χ0n) is 10.5. The lowest BCUT2D eigenvalue weighted by Gasteiger charge is -2.20. The number of hydrogen-bond acceptors (Lipinski definition) is 3. The molecule has 1 saturated heterocycles. The van der Waals surface area contributed by atoms with Crippen molar-refractivity contribution in [2.24, 2.45) is 18.7 Å². The topological polar surface area (TPSA) is 64.2 Å². The maximum atomic E-state index is 12.2. The third kappa shape index (κ3) is 2.49. The van der Waals surface area contributed by atoms with Crippen molar-refractivity contribution in [1.82, 2.24) is 14.7 Å². The molecule has 1 aliphatic heterocycles. The van der Waals surface area contributed by atoms with Crippen LogP contribution in [0, 0.1) is 5.92 Å². The molecule has 0 aliphatic carbocycles. The summed E-state index contributed by atoms with van der Waals surface area (Å²) >= 11 is 0. The normalized spacial score (nSPS) is 21.8. The number of aryl methyl sites for hydroxylation is 1. The molecule has 5 nitrogen and oxygen atoms in total. The minimum Gasteiger partial charge on any atom is -0.341 e. The second kappa shape index (κ2) is 4.87. The van der Waals surface area contributed by atoms with Crippen LogP contribution in [0.1, 0.15) is 31.4 Å². The van der Waals surface area contributed by atoms with Crippen molar-refractivity contribution < 1.29 is 4.79 Å². The van der Waals surface area contributed by atoms with E-state index in [1.165, 1.54) is 0 Å². The standard InChI is InChI=1S/C12H20N4O/c1-3-9-4-5-16(7-9)12(17)11(13)10-6-14-15(2)8-10/h6,8-9,11H,3-5,7,13H2,1-2H3. The number of rotatable bonds is 3. The molecule has 2 rings (SSSR count). The molecule has 2 atom stereocenters. The Morgan fingerprint density at radius 3 is 3.00 bits per heavy atom. The molecular weight excluding hydrogens is 216 g/mol. The van der Waals surface area contributed by atoms with E-state index in [4.69, 9.17) is 5.73 Å². The summed E-state index contributed by atoms with van der Waals surface area (Å²) in [5, 5.41) is 4.04. The molecule has 1 fully saturated rings. The molecule has 0 saturated carbocycles. The highest BCUT2D eigenvalue weighted by molar-refractivity contribution is 5.83. The first-order valence-electron chi connectivity index (χ1n) is 6.14. The van der Waals surface area contributed by atoms with Crippen LogP contribution in [0.25, 0.3) is 0 Å². The first-order valence-corrected chi connectivity index (χ1v) is 6.14. The Balaban J connectivity index is 2.00. The van der Waals surface area contributed by atoms with Crippen LogP contribution in [-0.2, 0) is 11.8 Å². The Bertz CT molecular complexity index is 401. The second-order valence-corrected chi connectivity index (χ2v) is 4.77. The number of carbonyl (C=O) groups excluding carboxylic acids is 1. The number of nitrogens with two attached hydrogens (primary N) is 1. The molecule has 5 heteroatoms. The summed E-state index contributed by atoms with van der Waals surface area (Å²) in [6.07, 6.45) is 5.69. The monoisotopic (exact) mass is 236 g/mol. The lowest BCUT2D eigenvalue weighted by Crippen LogP contribution is -2.36. The van der Waals surface area contributed by atoms with Crippen LogP contribution in [0.15, 0.2) is 12.4 Å². The minimum atomic E-state index is -0.570. The molecule has 0 radical (unpaired) electrons. The fourth-order valence-electron chi connectivity index (χ4n) is 2.31. The predicted molar refractivity (Wildman–Crippen MR) is 65.1 cm³/mol. The molecular formula is C12H20N4O. The second-order valence-electron chi connectivity index (χ2n) is 4.77. The maximum absolute atomic E-state index is 12.2. The van der Waals surface area contributed by atoms with E-state index in [1.807, 2.05) is 11.9 Å². The van der Waals surface area contributed by atoms with Crippen LogP contribution in [0.5, 0.6) is 0 Å². The average Bonchev–Trinajstić information content (AvgIpc) is 2.95. The van der Waals surface area contributed by atoms with Crippen LogP contribution in [0.4, 0.5) is 0 Å². The number of carbonyl (C=O) groups is 1. The Labute approximate surface area is 102 Å². The number of nitrogens with zero attached hydrogens (tertiary/aromatic N) is 3. The molecule has 0 spiro atoms. The molecule has 1 aromatic heterocycles. The summed E-state index contributed by atoms with van der Waals surface area (Å²) in [6, 6.07) is -0.570. The van der Waals surface area contributed by atoms with Gasteiger partial charge in [-0.15, -0.1) is 0 Å². The highest BCUT2D eigenvalue weighted by Gasteiger charge is 2.29. The molecule has 0 bridgehead atoms. The van der Waals surface area contributed by atoms with Gasteiger partial charge in [-0.1, -0.05) is 13.3 Å². The van der Waals surface area contributed by atoms with Crippen LogP contribution >= 0.6 is 0 Å². The van der Waals surface area contributed by atoms with Gasteiger partial charge in [-0.25, -0.2) is 0 Å². The molecule has 1 amide bonds. The van der Waals surface area contributed by atoms with E-state index in [0.29, 0.717) is 5.92 Å². The summed E-state index contributed by atoms with van der Waals surface area (Å²) in [5.41, 5.74) is 6.76. The SMILES string of the molecule is CCC1CCN(C(=O)C(N)c2cnn(C)c2)C1. The van der Waals surface area contributed by atoms with E-state index in [0.717, 1.165) is 31.5 Å². The summed E-state index contributed by atoms with van der Waals surface area (Å²) in [4.78, 5) is 14.1. The van der Waals surface area contributed by atoms with E-state index in [2.05, 4.69) is 12.0 Å². The minimum absolute atomic E-state index is 0.0222. The van der Waals surface area contributed by atoms with E-state index in [9.17, 15) is 4.79 Å². The first-order chi connectivity index (χ1) is 8.11. The van der Waals surface area contributed by atoms with Crippen LogP contribution in [0.3, 0.4) is 0 Å². The molecule has 1 aromatic rings. The third-order valence-corrected chi connectivity index (χ3v) is 3.52. The molecule has 2 heterocycles. The fraction of sp³-hybridized carbons (Fsp3) is 0.667. The van der Waals surface area contributed by atoms with E-state index < -0.39 is 6.04 Å². The van der Waals surface area contributed by atoms with Gasteiger partial charge in [-0.3, -0.25) is 9.48 Å². The Morgan fingerprint density at radius 1 is 1.71 bits per heavy atom. The van der Waals surface area contributed by atoms with Gasteiger partial charge >= 0.3 is 0 Å². The lowest BCUT2D eigenvalue weighted by molar-refractivity contribution is -0.131. The van der Waals surface area contributed by atoms with Crippen molar-refractivity contribution in [3.8, 4) is 0 Å². The lowest BCUT2D eigenvalue weighted by atomic mass is 10.1. The van der Waals surface area contributed by atoms with Crippen LogP contribution in [-0.4, -0.2) is 33.7 Å². The van der Waals surface area contributed by atoms with Crippen molar-refractivity contribution in [3.63, 3.8) is 0 Å². The summed E-state index contributed by atoms with van der Waals surface area (Å²) in [7, 11) is 1.82. The molecule has 2 N–H and O–H groups in total. The molecule has 94 valence electrons. The van der Waals surface area contributed by atoms with Crippen LogP contribution < -0.4 is 5.73 Å². The summed E-state index contributed by atoms with van der Waals surface area (Å²) < 4.78 is 1.67. The Morgan fingerprint density at radius 2 is 2.47 bits per heavy atom. The van der Waals surface area contributed by atoms with Gasteiger partial charge < -0.3 is 10.6 Å². The zero-order valence-corrected chi connectivity index (χ0v) is 10.5. The van der Waals surface area contributed by atoms with Gasteiger partial charge in [0.25, 0.3) is 0 Å². The maximum Gasteiger partial charge on any atom is 0.244 e. The van der Waals surface area contributed by atoms with Gasteiger partial charge in [-0.05, 0) is 12.3 Å². The van der Waals surface area contributed by atoms with Gasteiger partial charge in [0.05, 0.1) is 6.20 Å². The van der Waals surface area contributed by atoms with Gasteiger partial charge in [0.15, 0.2) is 0 Å². The molecule has 17 heavy (non-hydrogen) atoms. The van der Waals surface area contributed by atoms with Crippen molar-refractivity contribution in [2.75, 3.05) is 13.1 Å². The number of aromatic nitrogens is 2. The van der Waals surface area contributed by atoms with Gasteiger partial charge in [0.1, 0.15) is 6.04 Å². The Kier molecular flexibility index (Phi) is 3.47. The van der Waals surface area contributed by atoms with E-state index in [-0.39, 0.29) is 5.91 Å². The van der Waals surface area contributed by atoms with Crippen molar-refractivity contribution in [3.05, 3.63) is 18.0 Å².